The zero-order valence-corrected chi connectivity index (χ0v) is 10.4. The summed E-state index contributed by atoms with van der Waals surface area (Å²) in [7, 11) is 0. The van der Waals surface area contributed by atoms with Crippen LogP contribution >= 0.6 is 0 Å². The summed E-state index contributed by atoms with van der Waals surface area (Å²) in [5.41, 5.74) is 0. The standard InChI is InChI=1S/C12H21NO4/c1-8(2)4-3-7-13-11(14)9-5-6-10(17-9)12(15)16/h8-10H,3-7H2,1-2H3,(H,13,14)(H,15,16)/t9-,10+/m0/s1. The zero-order valence-electron chi connectivity index (χ0n) is 10.4. The highest BCUT2D eigenvalue weighted by atomic mass is 16.5. The number of carboxylic acid groups (broad SMARTS) is 1. The maximum atomic E-state index is 11.6. The van der Waals surface area contributed by atoms with Crippen molar-refractivity contribution in [1.82, 2.24) is 5.32 Å². The van der Waals surface area contributed by atoms with Crippen molar-refractivity contribution in [2.24, 2.45) is 5.92 Å². The van der Waals surface area contributed by atoms with Gasteiger partial charge in [0.05, 0.1) is 0 Å². The molecule has 17 heavy (non-hydrogen) atoms. The van der Waals surface area contributed by atoms with Gasteiger partial charge in [0.1, 0.15) is 6.10 Å². The van der Waals surface area contributed by atoms with E-state index in [2.05, 4.69) is 19.2 Å². The van der Waals surface area contributed by atoms with E-state index in [4.69, 9.17) is 9.84 Å². The third-order valence-electron chi connectivity index (χ3n) is 2.84. The van der Waals surface area contributed by atoms with Gasteiger partial charge in [0.2, 0.25) is 5.91 Å². The Balaban J connectivity index is 2.19. The highest BCUT2D eigenvalue weighted by Gasteiger charge is 2.34. The quantitative estimate of drug-likeness (QED) is 0.687. The molecule has 5 nitrogen and oxygen atoms in total. The predicted octanol–water partition coefficient (Wildman–Crippen LogP) is 1.17. The molecule has 1 fully saturated rings. The van der Waals surface area contributed by atoms with Gasteiger partial charge in [0, 0.05) is 6.54 Å². The molecular weight excluding hydrogens is 222 g/mol. The van der Waals surface area contributed by atoms with Gasteiger partial charge in [-0.05, 0) is 31.6 Å². The molecule has 0 saturated carbocycles. The molecule has 0 bridgehead atoms. The fourth-order valence-electron chi connectivity index (χ4n) is 1.85. The fourth-order valence-corrected chi connectivity index (χ4v) is 1.85. The monoisotopic (exact) mass is 243 g/mol. The van der Waals surface area contributed by atoms with Crippen LogP contribution in [-0.4, -0.2) is 35.7 Å². The number of amides is 1. The van der Waals surface area contributed by atoms with Crippen molar-refractivity contribution in [3.05, 3.63) is 0 Å². The predicted molar refractivity (Wildman–Crippen MR) is 62.6 cm³/mol. The molecule has 98 valence electrons. The number of ether oxygens (including phenoxy) is 1. The molecule has 1 aliphatic heterocycles. The first-order valence-corrected chi connectivity index (χ1v) is 6.16. The van der Waals surface area contributed by atoms with E-state index < -0.39 is 18.2 Å². The number of rotatable bonds is 6. The van der Waals surface area contributed by atoms with Crippen LogP contribution in [0.4, 0.5) is 0 Å². The van der Waals surface area contributed by atoms with E-state index in [9.17, 15) is 9.59 Å². The number of nitrogens with one attached hydrogen (secondary N) is 1. The summed E-state index contributed by atoms with van der Waals surface area (Å²) in [5.74, 6) is -0.538. The average Bonchev–Trinajstić information content (AvgIpc) is 2.73. The zero-order chi connectivity index (χ0) is 12.8. The van der Waals surface area contributed by atoms with Gasteiger partial charge in [0.15, 0.2) is 6.10 Å². The van der Waals surface area contributed by atoms with Gasteiger partial charge in [-0.1, -0.05) is 13.8 Å². The number of hydrogen-bond donors (Lipinski definition) is 2. The van der Waals surface area contributed by atoms with E-state index in [1.165, 1.54) is 0 Å². The molecule has 0 aliphatic carbocycles. The summed E-state index contributed by atoms with van der Waals surface area (Å²) in [4.78, 5) is 22.3. The lowest BCUT2D eigenvalue weighted by molar-refractivity contribution is -0.151. The highest BCUT2D eigenvalue weighted by Crippen LogP contribution is 2.19. The van der Waals surface area contributed by atoms with E-state index in [1.807, 2.05) is 0 Å². The molecular formula is C12H21NO4. The Morgan fingerprint density at radius 3 is 2.53 bits per heavy atom. The van der Waals surface area contributed by atoms with Crippen molar-refractivity contribution >= 4 is 11.9 Å². The van der Waals surface area contributed by atoms with Crippen LogP contribution in [-0.2, 0) is 14.3 Å². The average molecular weight is 243 g/mol. The van der Waals surface area contributed by atoms with Crippen LogP contribution in [0, 0.1) is 5.92 Å². The second kappa shape index (κ2) is 6.59. The van der Waals surface area contributed by atoms with Gasteiger partial charge in [-0.25, -0.2) is 4.79 Å². The third-order valence-corrected chi connectivity index (χ3v) is 2.84. The minimum Gasteiger partial charge on any atom is -0.479 e. The lowest BCUT2D eigenvalue weighted by Crippen LogP contribution is -2.36. The smallest absolute Gasteiger partial charge is 0.332 e. The van der Waals surface area contributed by atoms with Crippen LogP contribution < -0.4 is 5.32 Å². The maximum absolute atomic E-state index is 11.6. The van der Waals surface area contributed by atoms with E-state index >= 15 is 0 Å². The van der Waals surface area contributed by atoms with Gasteiger partial charge in [-0.3, -0.25) is 4.79 Å². The molecule has 1 aliphatic rings. The topological polar surface area (TPSA) is 75.6 Å². The molecule has 2 N–H and O–H groups in total. The van der Waals surface area contributed by atoms with Crippen LogP contribution in [0.2, 0.25) is 0 Å². The Hall–Kier alpha value is -1.10. The first-order chi connectivity index (χ1) is 8.00. The number of carbonyl (C=O) groups excluding carboxylic acids is 1. The Labute approximate surface area is 102 Å². The Morgan fingerprint density at radius 2 is 2.00 bits per heavy atom. The number of hydrogen-bond acceptors (Lipinski definition) is 3. The lowest BCUT2D eigenvalue weighted by Gasteiger charge is -2.12. The molecule has 0 aromatic heterocycles. The number of carboxylic acids is 1. The van der Waals surface area contributed by atoms with Gasteiger partial charge in [-0.15, -0.1) is 0 Å². The van der Waals surface area contributed by atoms with Crippen LogP contribution in [0.25, 0.3) is 0 Å². The van der Waals surface area contributed by atoms with Gasteiger partial charge in [-0.2, -0.15) is 0 Å². The van der Waals surface area contributed by atoms with E-state index in [-0.39, 0.29) is 5.91 Å². The lowest BCUT2D eigenvalue weighted by atomic mass is 10.1. The van der Waals surface area contributed by atoms with Crippen LogP contribution in [0.15, 0.2) is 0 Å². The molecule has 0 aromatic carbocycles. The molecule has 0 radical (unpaired) electrons. The van der Waals surface area contributed by atoms with E-state index in [0.717, 1.165) is 12.8 Å². The van der Waals surface area contributed by atoms with Gasteiger partial charge >= 0.3 is 5.97 Å². The normalized spacial score (nSPS) is 23.9. The molecule has 1 rings (SSSR count). The van der Waals surface area contributed by atoms with Gasteiger partial charge < -0.3 is 15.2 Å². The van der Waals surface area contributed by atoms with Crippen LogP contribution in [0.1, 0.15) is 39.5 Å². The summed E-state index contributed by atoms with van der Waals surface area (Å²) in [6, 6.07) is 0. The molecule has 0 unspecified atom stereocenters. The Bertz CT molecular complexity index is 278. The molecule has 1 heterocycles. The minimum atomic E-state index is -0.986. The molecule has 5 heteroatoms. The highest BCUT2D eigenvalue weighted by molar-refractivity contribution is 5.82. The van der Waals surface area contributed by atoms with Gasteiger partial charge in [0.25, 0.3) is 0 Å². The van der Waals surface area contributed by atoms with E-state index in [1.54, 1.807) is 0 Å². The SMILES string of the molecule is CC(C)CCCNC(=O)[C@@H]1CC[C@H](C(=O)O)O1. The number of carbonyl (C=O) groups is 2. The Morgan fingerprint density at radius 1 is 1.35 bits per heavy atom. The first kappa shape index (κ1) is 14.0. The van der Waals surface area contributed by atoms with Crippen LogP contribution in [0.5, 0.6) is 0 Å². The van der Waals surface area contributed by atoms with Crippen molar-refractivity contribution in [2.45, 2.75) is 51.7 Å². The summed E-state index contributed by atoms with van der Waals surface area (Å²) in [5, 5.41) is 11.5. The summed E-state index contributed by atoms with van der Waals surface area (Å²) < 4.78 is 5.15. The molecule has 0 spiro atoms. The largest absolute Gasteiger partial charge is 0.479 e. The van der Waals surface area contributed by atoms with Crippen molar-refractivity contribution in [2.75, 3.05) is 6.54 Å². The minimum absolute atomic E-state index is 0.183. The van der Waals surface area contributed by atoms with E-state index in [0.29, 0.717) is 25.3 Å². The second-order valence-electron chi connectivity index (χ2n) is 4.86. The summed E-state index contributed by atoms with van der Waals surface area (Å²) in [6.45, 7) is 4.91. The van der Waals surface area contributed by atoms with Crippen molar-refractivity contribution < 1.29 is 19.4 Å². The van der Waals surface area contributed by atoms with Crippen molar-refractivity contribution in [3.63, 3.8) is 0 Å². The first-order valence-electron chi connectivity index (χ1n) is 6.16. The molecule has 1 amide bonds. The number of aliphatic carboxylic acids is 1. The fraction of sp³-hybridized carbons (Fsp3) is 0.833. The van der Waals surface area contributed by atoms with Crippen molar-refractivity contribution in [3.8, 4) is 0 Å². The van der Waals surface area contributed by atoms with Crippen LogP contribution in [0.3, 0.4) is 0 Å². The molecule has 2 atom stereocenters. The van der Waals surface area contributed by atoms with Crippen molar-refractivity contribution in [1.29, 1.82) is 0 Å². The summed E-state index contributed by atoms with van der Waals surface area (Å²) in [6.07, 6.45) is 1.52. The summed E-state index contributed by atoms with van der Waals surface area (Å²) >= 11 is 0. The maximum Gasteiger partial charge on any atom is 0.332 e. The third kappa shape index (κ3) is 4.73. The second-order valence-corrected chi connectivity index (χ2v) is 4.86. The molecule has 1 saturated heterocycles. The Kier molecular flexibility index (Phi) is 5.41. The molecule has 0 aromatic rings.